The summed E-state index contributed by atoms with van der Waals surface area (Å²) in [5.74, 6) is 0.548. The molecule has 29 heavy (non-hydrogen) atoms. The van der Waals surface area contributed by atoms with Gasteiger partial charge in [-0.15, -0.1) is 0 Å². The van der Waals surface area contributed by atoms with Crippen LogP contribution in [0, 0.1) is 0 Å². The second-order valence-electron chi connectivity index (χ2n) is 7.44. The molecule has 2 N–H and O–H groups in total. The van der Waals surface area contributed by atoms with Crippen LogP contribution in [0.5, 0.6) is 0 Å². The Bertz CT molecular complexity index is 1020. The predicted molar refractivity (Wildman–Crippen MR) is 115 cm³/mol. The summed E-state index contributed by atoms with van der Waals surface area (Å²) in [4.78, 5) is 20.1. The molecule has 0 radical (unpaired) electrons. The summed E-state index contributed by atoms with van der Waals surface area (Å²) in [5.41, 5.74) is 12.1. The third-order valence-electron chi connectivity index (χ3n) is 5.53. The highest BCUT2D eigenvalue weighted by molar-refractivity contribution is 5.82. The summed E-state index contributed by atoms with van der Waals surface area (Å²) < 4.78 is 0. The second-order valence-corrected chi connectivity index (χ2v) is 7.44. The fourth-order valence-electron chi connectivity index (χ4n) is 3.87. The Morgan fingerprint density at radius 2 is 1.66 bits per heavy atom. The molecule has 0 unspecified atom stereocenters. The topological polar surface area (TPSA) is 80.3 Å². The van der Waals surface area contributed by atoms with Gasteiger partial charge in [0, 0.05) is 36.4 Å². The van der Waals surface area contributed by atoms with E-state index in [1.807, 2.05) is 24.3 Å². The number of rotatable bonds is 5. The van der Waals surface area contributed by atoms with E-state index >= 15 is 0 Å². The van der Waals surface area contributed by atoms with Crippen LogP contribution in [0.3, 0.4) is 0 Å². The van der Waals surface area contributed by atoms with Gasteiger partial charge in [0.25, 0.3) is 0 Å². The van der Waals surface area contributed by atoms with Crippen molar-refractivity contribution in [3.05, 3.63) is 77.6 Å². The molecule has 0 bridgehead atoms. The van der Waals surface area contributed by atoms with Gasteiger partial charge in [0.15, 0.2) is 5.96 Å². The minimum atomic E-state index is -0.568. The largest absolute Gasteiger partial charge is 0.370 e. The van der Waals surface area contributed by atoms with Crippen molar-refractivity contribution in [3.8, 4) is 11.1 Å². The molecule has 4 rings (SSSR count). The van der Waals surface area contributed by atoms with Crippen LogP contribution in [-0.2, 0) is 18.4 Å². The van der Waals surface area contributed by atoms with Crippen molar-refractivity contribution < 1.29 is 0 Å². The fraction of sp³-hybridized carbons (Fsp3) is 0.304. The van der Waals surface area contributed by atoms with Crippen LogP contribution in [0.2, 0.25) is 0 Å². The van der Waals surface area contributed by atoms with E-state index in [0.29, 0.717) is 12.5 Å². The number of pyridine rings is 1. The fourth-order valence-corrected chi connectivity index (χ4v) is 3.87. The molecular weight excluding hydrogens is 360 g/mol. The average molecular weight is 387 g/mol. The molecule has 2 aromatic heterocycles. The zero-order chi connectivity index (χ0) is 20.4. The molecule has 1 atom stereocenters. The number of likely N-dealkylation sites (N-methyl/N-ethyl adjacent to an activating group) is 1. The Kier molecular flexibility index (Phi) is 5.01. The third-order valence-corrected chi connectivity index (χ3v) is 5.53. The van der Waals surface area contributed by atoms with Crippen LogP contribution in [0.1, 0.15) is 36.4 Å². The van der Waals surface area contributed by atoms with E-state index in [4.69, 9.17) is 15.7 Å². The van der Waals surface area contributed by atoms with E-state index in [1.165, 1.54) is 0 Å². The molecule has 148 valence electrons. The summed E-state index contributed by atoms with van der Waals surface area (Å²) in [6.07, 6.45) is 6.96. The highest BCUT2D eigenvalue weighted by Gasteiger charge is 2.41. The third kappa shape index (κ3) is 3.46. The maximum absolute atomic E-state index is 6.26. The van der Waals surface area contributed by atoms with Crippen molar-refractivity contribution in [1.82, 2.24) is 19.9 Å². The summed E-state index contributed by atoms with van der Waals surface area (Å²) in [6, 6.07) is 12.8. The number of hydrogen-bond acceptors (Lipinski definition) is 6. The van der Waals surface area contributed by atoms with E-state index in [0.717, 1.165) is 46.5 Å². The molecule has 3 heterocycles. The summed E-state index contributed by atoms with van der Waals surface area (Å²) in [6.45, 7) is 4.95. The van der Waals surface area contributed by atoms with E-state index in [9.17, 15) is 0 Å². The summed E-state index contributed by atoms with van der Waals surface area (Å²) in [5, 5.41) is 0. The Morgan fingerprint density at radius 3 is 2.24 bits per heavy atom. The van der Waals surface area contributed by atoms with Crippen LogP contribution in [0.4, 0.5) is 0 Å². The highest BCUT2D eigenvalue weighted by atomic mass is 15.3. The number of guanidine groups is 1. The van der Waals surface area contributed by atoms with Crippen LogP contribution in [0.15, 0.2) is 60.1 Å². The monoisotopic (exact) mass is 386 g/mol. The molecule has 1 aromatic carbocycles. The number of nitrogens with zero attached hydrogens (tertiary/aromatic N) is 5. The Morgan fingerprint density at radius 1 is 0.966 bits per heavy atom. The van der Waals surface area contributed by atoms with Crippen LogP contribution in [0.25, 0.3) is 11.1 Å². The SMILES string of the molecule is CCc1cc([C@]2(c3cccc(-c4cncnc4)c3)CN(C)C(N)=N2)cc(CC)n1. The van der Waals surface area contributed by atoms with Crippen molar-refractivity contribution in [2.45, 2.75) is 32.2 Å². The van der Waals surface area contributed by atoms with E-state index in [2.05, 4.69) is 60.2 Å². The zero-order valence-corrected chi connectivity index (χ0v) is 17.1. The lowest BCUT2D eigenvalue weighted by molar-refractivity contribution is 0.431. The van der Waals surface area contributed by atoms with Gasteiger partial charge in [0.1, 0.15) is 11.9 Å². The molecule has 0 fully saturated rings. The van der Waals surface area contributed by atoms with Crippen LogP contribution >= 0.6 is 0 Å². The number of benzene rings is 1. The van der Waals surface area contributed by atoms with Gasteiger partial charge < -0.3 is 10.6 Å². The molecule has 3 aromatic rings. The minimum Gasteiger partial charge on any atom is -0.370 e. The maximum atomic E-state index is 6.26. The number of nitrogens with two attached hydrogens (primary N) is 1. The first kappa shape index (κ1) is 19.1. The maximum Gasteiger partial charge on any atom is 0.192 e. The first-order valence-electron chi connectivity index (χ1n) is 9.98. The normalized spacial score (nSPS) is 18.7. The van der Waals surface area contributed by atoms with Gasteiger partial charge in [0.05, 0.1) is 6.54 Å². The molecule has 6 nitrogen and oxygen atoms in total. The van der Waals surface area contributed by atoms with Crippen LogP contribution in [-0.4, -0.2) is 39.4 Å². The lowest BCUT2D eigenvalue weighted by atomic mass is 9.82. The molecule has 0 aliphatic carbocycles. The first-order valence-corrected chi connectivity index (χ1v) is 9.98. The van der Waals surface area contributed by atoms with Crippen molar-refractivity contribution in [2.75, 3.05) is 13.6 Å². The number of hydrogen-bond donors (Lipinski definition) is 1. The summed E-state index contributed by atoms with van der Waals surface area (Å²) >= 11 is 0. The van der Waals surface area contributed by atoms with Gasteiger partial charge in [-0.2, -0.15) is 0 Å². The van der Waals surface area contributed by atoms with E-state index < -0.39 is 5.54 Å². The van der Waals surface area contributed by atoms with Gasteiger partial charge in [0.2, 0.25) is 0 Å². The molecule has 0 spiro atoms. The van der Waals surface area contributed by atoms with Gasteiger partial charge in [-0.25, -0.2) is 15.0 Å². The minimum absolute atomic E-state index is 0.548. The van der Waals surface area contributed by atoms with Crippen molar-refractivity contribution >= 4 is 5.96 Å². The smallest absolute Gasteiger partial charge is 0.192 e. The highest BCUT2D eigenvalue weighted by Crippen LogP contribution is 2.40. The molecular formula is C23H26N6. The van der Waals surface area contributed by atoms with Crippen molar-refractivity contribution in [1.29, 1.82) is 0 Å². The predicted octanol–water partition coefficient (Wildman–Crippen LogP) is 3.17. The summed E-state index contributed by atoms with van der Waals surface area (Å²) in [7, 11) is 1.98. The molecule has 6 heteroatoms. The van der Waals surface area contributed by atoms with Gasteiger partial charge in [-0.05, 0) is 47.7 Å². The molecule has 1 aliphatic rings. The molecule has 0 amide bonds. The lowest BCUT2D eigenvalue weighted by Crippen LogP contribution is -2.35. The van der Waals surface area contributed by atoms with Crippen LogP contribution < -0.4 is 5.73 Å². The number of aliphatic imine (C=N–C) groups is 1. The molecule has 1 aliphatic heterocycles. The second kappa shape index (κ2) is 7.62. The van der Waals surface area contributed by atoms with E-state index in [-0.39, 0.29) is 0 Å². The van der Waals surface area contributed by atoms with Gasteiger partial charge >= 0.3 is 0 Å². The Labute approximate surface area is 171 Å². The molecule has 0 saturated heterocycles. The standard InChI is InChI=1S/C23H26N6/c1-4-20-10-19(11-21(5-2)27-20)23(14-29(3)22(24)28-23)18-8-6-7-16(9-18)17-12-25-15-26-13-17/h6-13,15H,4-5,14H2,1-3H3,(H2,24,28)/t23-/m1/s1. The van der Waals surface area contributed by atoms with E-state index in [1.54, 1.807) is 6.33 Å². The number of aryl methyl sites for hydroxylation is 2. The quantitative estimate of drug-likeness (QED) is 0.728. The van der Waals surface area contributed by atoms with Crippen molar-refractivity contribution in [3.63, 3.8) is 0 Å². The van der Waals surface area contributed by atoms with Gasteiger partial charge in [-0.1, -0.05) is 32.0 Å². The van der Waals surface area contributed by atoms with Crippen molar-refractivity contribution in [2.24, 2.45) is 10.7 Å². The Balaban J connectivity index is 1.91. The van der Waals surface area contributed by atoms with Gasteiger partial charge in [-0.3, -0.25) is 4.98 Å². The molecule has 0 saturated carbocycles. The lowest BCUT2D eigenvalue weighted by Gasteiger charge is -2.29. The number of aromatic nitrogens is 3. The first-order chi connectivity index (χ1) is 14.1. The zero-order valence-electron chi connectivity index (χ0n) is 17.1. The average Bonchev–Trinajstić information content (AvgIpc) is 3.09. The Hall–Kier alpha value is -3.28.